The Morgan fingerprint density at radius 3 is 2.69 bits per heavy atom. The molecule has 2 rings (SSSR count). The predicted molar refractivity (Wildman–Crippen MR) is 69.0 cm³/mol. The van der Waals surface area contributed by atoms with Gasteiger partial charge in [-0.2, -0.15) is 0 Å². The maximum Gasteiger partial charge on any atom is 0.146 e. The van der Waals surface area contributed by atoms with Crippen LogP contribution in [0.2, 0.25) is 0 Å². The number of aryl methyl sites for hydroxylation is 2. The number of benzene rings is 1. The molecule has 1 aromatic rings. The van der Waals surface area contributed by atoms with Crippen molar-refractivity contribution in [2.24, 2.45) is 0 Å². The molecule has 86 valence electrons. The van der Waals surface area contributed by atoms with Crippen LogP contribution in [-0.4, -0.2) is 11.0 Å². The van der Waals surface area contributed by atoms with Crippen LogP contribution >= 0.6 is 11.8 Å². The summed E-state index contributed by atoms with van der Waals surface area (Å²) in [6.45, 7) is 4.25. The van der Waals surface area contributed by atoms with Crippen LogP contribution in [0, 0.1) is 13.8 Å². The third-order valence-corrected chi connectivity index (χ3v) is 4.56. The smallest absolute Gasteiger partial charge is 0.146 e. The van der Waals surface area contributed by atoms with Gasteiger partial charge in [0, 0.05) is 11.3 Å². The zero-order valence-electron chi connectivity index (χ0n) is 9.95. The summed E-state index contributed by atoms with van der Waals surface area (Å²) in [5.74, 6) is 0.439. The summed E-state index contributed by atoms with van der Waals surface area (Å²) in [6.07, 6.45) is 4.12. The molecule has 0 aliphatic heterocycles. The molecule has 1 aromatic carbocycles. The van der Waals surface area contributed by atoms with Crippen molar-refractivity contribution in [3.8, 4) is 0 Å². The molecule has 1 unspecified atom stereocenters. The first-order valence-electron chi connectivity index (χ1n) is 5.93. The Hall–Kier alpha value is -0.760. The first-order chi connectivity index (χ1) is 7.66. The number of rotatable bonds is 2. The maximum atomic E-state index is 11.7. The lowest BCUT2D eigenvalue weighted by Gasteiger charge is -2.20. The van der Waals surface area contributed by atoms with Crippen LogP contribution in [0.15, 0.2) is 23.1 Å². The number of Topliss-reactive ketones (excluding diaryl/α,β-unsaturated/α-hetero) is 1. The van der Waals surface area contributed by atoms with Crippen molar-refractivity contribution < 1.29 is 4.79 Å². The second kappa shape index (κ2) is 5.05. The number of carbonyl (C=O) groups is 1. The van der Waals surface area contributed by atoms with E-state index in [0.717, 1.165) is 19.3 Å². The molecule has 1 atom stereocenters. The molecule has 0 radical (unpaired) electrons. The topological polar surface area (TPSA) is 17.1 Å². The highest BCUT2D eigenvalue weighted by Crippen LogP contribution is 2.32. The Morgan fingerprint density at radius 2 is 2.00 bits per heavy atom. The lowest BCUT2D eigenvalue weighted by molar-refractivity contribution is -0.119. The Labute approximate surface area is 102 Å². The van der Waals surface area contributed by atoms with Crippen LogP contribution in [0.4, 0.5) is 0 Å². The Morgan fingerprint density at radius 1 is 1.19 bits per heavy atom. The lowest BCUT2D eigenvalue weighted by atomic mass is 9.99. The first kappa shape index (κ1) is 11.7. The summed E-state index contributed by atoms with van der Waals surface area (Å²) in [4.78, 5) is 13.0. The fourth-order valence-corrected chi connectivity index (χ4v) is 3.28. The fraction of sp³-hybridized carbons (Fsp3) is 0.500. The maximum absolute atomic E-state index is 11.7. The van der Waals surface area contributed by atoms with E-state index in [-0.39, 0.29) is 5.25 Å². The van der Waals surface area contributed by atoms with Gasteiger partial charge in [0.1, 0.15) is 5.78 Å². The van der Waals surface area contributed by atoms with E-state index in [9.17, 15) is 4.79 Å². The summed E-state index contributed by atoms with van der Waals surface area (Å²) in [5, 5.41) is 0.204. The summed E-state index contributed by atoms with van der Waals surface area (Å²) in [6, 6.07) is 6.47. The van der Waals surface area contributed by atoms with Gasteiger partial charge in [-0.15, -0.1) is 11.8 Å². The van der Waals surface area contributed by atoms with Crippen molar-refractivity contribution in [3.05, 3.63) is 29.3 Å². The molecular weight excluding hydrogens is 216 g/mol. The Balaban J connectivity index is 2.08. The van der Waals surface area contributed by atoms with Gasteiger partial charge < -0.3 is 0 Å². The number of hydrogen-bond acceptors (Lipinski definition) is 2. The van der Waals surface area contributed by atoms with Gasteiger partial charge in [-0.05, 0) is 49.9 Å². The third kappa shape index (κ3) is 2.67. The predicted octanol–water partition coefficient (Wildman–Crippen LogP) is 3.91. The molecule has 1 aliphatic rings. The van der Waals surface area contributed by atoms with Crippen LogP contribution in [0.25, 0.3) is 0 Å². The normalized spacial score (nSPS) is 21.1. The minimum absolute atomic E-state index is 0.204. The van der Waals surface area contributed by atoms with Gasteiger partial charge in [-0.25, -0.2) is 0 Å². The SMILES string of the molecule is Cc1ccc(SC2CCCCC2=O)cc1C. The van der Waals surface area contributed by atoms with E-state index in [2.05, 4.69) is 32.0 Å². The van der Waals surface area contributed by atoms with E-state index < -0.39 is 0 Å². The molecule has 1 fully saturated rings. The van der Waals surface area contributed by atoms with Gasteiger partial charge in [-0.1, -0.05) is 12.5 Å². The molecule has 0 saturated heterocycles. The van der Waals surface area contributed by atoms with Crippen molar-refractivity contribution >= 4 is 17.5 Å². The van der Waals surface area contributed by atoms with Crippen molar-refractivity contribution in [1.82, 2.24) is 0 Å². The molecule has 0 heterocycles. The molecule has 1 saturated carbocycles. The van der Waals surface area contributed by atoms with Crippen LogP contribution in [0.3, 0.4) is 0 Å². The summed E-state index contributed by atoms with van der Waals surface area (Å²) in [5.41, 5.74) is 2.63. The second-order valence-corrected chi connectivity index (χ2v) is 5.84. The van der Waals surface area contributed by atoms with Gasteiger partial charge in [-0.3, -0.25) is 4.79 Å². The van der Waals surface area contributed by atoms with Crippen LogP contribution in [0.5, 0.6) is 0 Å². The summed E-state index contributed by atoms with van der Waals surface area (Å²) in [7, 11) is 0. The molecule has 0 N–H and O–H groups in total. The molecule has 0 spiro atoms. The molecule has 1 aliphatic carbocycles. The third-order valence-electron chi connectivity index (χ3n) is 3.26. The van der Waals surface area contributed by atoms with Crippen LogP contribution in [-0.2, 0) is 4.79 Å². The fourth-order valence-electron chi connectivity index (χ4n) is 2.03. The largest absolute Gasteiger partial charge is 0.298 e. The number of ketones is 1. The Kier molecular flexibility index (Phi) is 3.70. The van der Waals surface area contributed by atoms with E-state index >= 15 is 0 Å². The Bertz CT molecular complexity index is 398. The van der Waals surface area contributed by atoms with E-state index in [4.69, 9.17) is 0 Å². The van der Waals surface area contributed by atoms with Crippen molar-refractivity contribution in [2.75, 3.05) is 0 Å². The first-order valence-corrected chi connectivity index (χ1v) is 6.81. The van der Waals surface area contributed by atoms with Gasteiger partial charge in [0.2, 0.25) is 0 Å². The number of thioether (sulfide) groups is 1. The number of hydrogen-bond donors (Lipinski definition) is 0. The summed E-state index contributed by atoms with van der Waals surface area (Å²) < 4.78 is 0. The zero-order chi connectivity index (χ0) is 11.5. The minimum Gasteiger partial charge on any atom is -0.298 e. The highest BCUT2D eigenvalue weighted by atomic mass is 32.2. The molecule has 16 heavy (non-hydrogen) atoms. The van der Waals surface area contributed by atoms with Gasteiger partial charge in [0.25, 0.3) is 0 Å². The average Bonchev–Trinajstić information content (AvgIpc) is 2.27. The summed E-state index contributed by atoms with van der Waals surface area (Å²) >= 11 is 1.75. The van der Waals surface area contributed by atoms with E-state index in [1.165, 1.54) is 22.4 Å². The van der Waals surface area contributed by atoms with E-state index in [1.807, 2.05) is 0 Å². The molecule has 1 nitrogen and oxygen atoms in total. The molecule has 0 aromatic heterocycles. The van der Waals surface area contributed by atoms with Crippen molar-refractivity contribution in [3.63, 3.8) is 0 Å². The lowest BCUT2D eigenvalue weighted by Crippen LogP contribution is -2.21. The molecule has 0 amide bonds. The van der Waals surface area contributed by atoms with Crippen molar-refractivity contribution in [2.45, 2.75) is 49.7 Å². The van der Waals surface area contributed by atoms with E-state index in [1.54, 1.807) is 11.8 Å². The molecule has 0 bridgehead atoms. The van der Waals surface area contributed by atoms with Gasteiger partial charge in [0.05, 0.1) is 5.25 Å². The zero-order valence-corrected chi connectivity index (χ0v) is 10.8. The van der Waals surface area contributed by atoms with Crippen LogP contribution in [0.1, 0.15) is 36.8 Å². The highest BCUT2D eigenvalue weighted by Gasteiger charge is 2.22. The second-order valence-electron chi connectivity index (χ2n) is 4.56. The average molecular weight is 234 g/mol. The van der Waals surface area contributed by atoms with Gasteiger partial charge >= 0.3 is 0 Å². The quantitative estimate of drug-likeness (QED) is 0.772. The minimum atomic E-state index is 0.204. The van der Waals surface area contributed by atoms with Crippen LogP contribution < -0.4 is 0 Å². The van der Waals surface area contributed by atoms with Gasteiger partial charge in [0.15, 0.2) is 0 Å². The monoisotopic (exact) mass is 234 g/mol. The molecule has 2 heteroatoms. The number of carbonyl (C=O) groups excluding carboxylic acids is 1. The van der Waals surface area contributed by atoms with Crippen molar-refractivity contribution in [1.29, 1.82) is 0 Å². The standard InChI is InChI=1S/C14H18OS/c1-10-7-8-12(9-11(10)2)16-14-6-4-3-5-13(14)15/h7-9,14H,3-6H2,1-2H3. The molecular formula is C14H18OS. The van der Waals surface area contributed by atoms with E-state index in [0.29, 0.717) is 5.78 Å². The highest BCUT2D eigenvalue weighted by molar-refractivity contribution is 8.00.